The maximum Gasteiger partial charge on any atom is 0.0371 e. The fourth-order valence-corrected chi connectivity index (χ4v) is 2.69. The molecule has 108 valence electrons. The molecule has 19 heavy (non-hydrogen) atoms. The molecular weight excluding hydrogens is 232 g/mol. The summed E-state index contributed by atoms with van der Waals surface area (Å²) in [4.78, 5) is 2.56. The maximum atomic E-state index is 5.90. The summed E-state index contributed by atoms with van der Waals surface area (Å²) >= 11 is 0. The lowest BCUT2D eigenvalue weighted by atomic mass is 9.89. The summed E-state index contributed by atoms with van der Waals surface area (Å²) in [5.41, 5.74) is 7.47. The fourth-order valence-electron chi connectivity index (χ4n) is 2.69. The van der Waals surface area contributed by atoms with E-state index in [1.165, 1.54) is 5.56 Å². The normalized spacial score (nSPS) is 14.1. The Labute approximate surface area is 119 Å². The lowest BCUT2D eigenvalue weighted by Crippen LogP contribution is -2.42. The largest absolute Gasteiger partial charge is 0.330 e. The van der Waals surface area contributed by atoms with Crippen molar-refractivity contribution >= 4 is 0 Å². The van der Waals surface area contributed by atoms with Crippen LogP contribution < -0.4 is 5.73 Å². The average Bonchev–Trinajstić information content (AvgIpc) is 2.38. The Morgan fingerprint density at radius 3 is 2.16 bits per heavy atom. The number of nitrogens with two attached hydrogens (primary N) is 1. The molecule has 2 N–H and O–H groups in total. The number of hydrogen-bond acceptors (Lipinski definition) is 2. The van der Waals surface area contributed by atoms with Crippen LogP contribution in [0.4, 0.5) is 0 Å². The van der Waals surface area contributed by atoms with Crippen LogP contribution >= 0.6 is 0 Å². The third-order valence-electron chi connectivity index (χ3n) is 3.76. The van der Waals surface area contributed by atoms with E-state index in [2.05, 4.69) is 69.9 Å². The molecule has 0 aliphatic heterocycles. The molecule has 0 fully saturated rings. The highest BCUT2D eigenvalue weighted by atomic mass is 15.2. The number of nitrogens with zero attached hydrogens (tertiary/aromatic N) is 1. The molecule has 0 bridgehead atoms. The molecule has 1 rings (SSSR count). The van der Waals surface area contributed by atoms with E-state index >= 15 is 0 Å². The summed E-state index contributed by atoms with van der Waals surface area (Å²) in [7, 11) is 0. The van der Waals surface area contributed by atoms with E-state index in [1.807, 2.05) is 0 Å². The van der Waals surface area contributed by atoms with Crippen molar-refractivity contribution in [2.75, 3.05) is 19.6 Å². The zero-order valence-corrected chi connectivity index (χ0v) is 13.2. The van der Waals surface area contributed by atoms with E-state index in [-0.39, 0.29) is 5.41 Å². The van der Waals surface area contributed by atoms with Gasteiger partial charge in [-0.15, -0.1) is 0 Å². The Morgan fingerprint density at radius 2 is 1.74 bits per heavy atom. The minimum Gasteiger partial charge on any atom is -0.330 e. The fraction of sp³-hybridized carbons (Fsp3) is 0.647. The lowest BCUT2D eigenvalue weighted by molar-refractivity contribution is 0.110. The van der Waals surface area contributed by atoms with Crippen LogP contribution in [0.1, 0.15) is 46.2 Å². The molecule has 1 unspecified atom stereocenters. The SMILES string of the molecule is CCN(CC(C)(C)CN)C(c1ccccc1)C(C)C. The predicted molar refractivity (Wildman–Crippen MR) is 84.1 cm³/mol. The van der Waals surface area contributed by atoms with Crippen LogP contribution in [0.2, 0.25) is 0 Å². The molecule has 1 atom stereocenters. The van der Waals surface area contributed by atoms with Gasteiger partial charge < -0.3 is 5.73 Å². The second-order valence-electron chi connectivity index (χ2n) is 6.53. The van der Waals surface area contributed by atoms with Crippen molar-refractivity contribution in [3.63, 3.8) is 0 Å². The molecule has 0 aromatic heterocycles. The van der Waals surface area contributed by atoms with Crippen molar-refractivity contribution in [1.29, 1.82) is 0 Å². The molecule has 2 heteroatoms. The molecule has 0 aliphatic carbocycles. The molecule has 0 saturated heterocycles. The molecular formula is C17H30N2. The van der Waals surface area contributed by atoms with Crippen molar-refractivity contribution in [1.82, 2.24) is 4.90 Å². The Balaban J connectivity index is 2.96. The average molecular weight is 262 g/mol. The Bertz CT molecular complexity index is 357. The molecule has 0 heterocycles. The Hall–Kier alpha value is -0.860. The third kappa shape index (κ3) is 4.63. The van der Waals surface area contributed by atoms with Gasteiger partial charge in [-0.1, -0.05) is 65.0 Å². The molecule has 0 radical (unpaired) electrons. The zero-order valence-electron chi connectivity index (χ0n) is 13.2. The Kier molecular flexibility index (Phi) is 6.02. The molecule has 0 saturated carbocycles. The summed E-state index contributed by atoms with van der Waals surface area (Å²) in [6.45, 7) is 14.2. The standard InChI is InChI=1S/C17H30N2/c1-6-19(13-17(4,5)12-18)16(14(2)3)15-10-8-7-9-11-15/h7-11,14,16H,6,12-13,18H2,1-5H3. The van der Waals surface area contributed by atoms with Crippen LogP contribution in [-0.2, 0) is 0 Å². The van der Waals surface area contributed by atoms with E-state index < -0.39 is 0 Å². The summed E-state index contributed by atoms with van der Waals surface area (Å²) in [5, 5.41) is 0. The number of hydrogen-bond donors (Lipinski definition) is 1. The van der Waals surface area contributed by atoms with Gasteiger partial charge in [0.1, 0.15) is 0 Å². The van der Waals surface area contributed by atoms with Gasteiger partial charge in [0.2, 0.25) is 0 Å². The van der Waals surface area contributed by atoms with E-state index in [9.17, 15) is 0 Å². The van der Waals surface area contributed by atoms with Gasteiger partial charge in [0.15, 0.2) is 0 Å². The first-order valence-electron chi connectivity index (χ1n) is 7.40. The van der Waals surface area contributed by atoms with Crippen LogP contribution in [0.15, 0.2) is 30.3 Å². The minimum atomic E-state index is 0.165. The summed E-state index contributed by atoms with van der Waals surface area (Å²) < 4.78 is 0. The third-order valence-corrected chi connectivity index (χ3v) is 3.76. The first kappa shape index (κ1) is 16.2. The lowest BCUT2D eigenvalue weighted by Gasteiger charge is -2.39. The van der Waals surface area contributed by atoms with E-state index in [0.717, 1.165) is 19.6 Å². The van der Waals surface area contributed by atoms with Crippen LogP contribution in [0.3, 0.4) is 0 Å². The minimum absolute atomic E-state index is 0.165. The smallest absolute Gasteiger partial charge is 0.0371 e. The van der Waals surface area contributed by atoms with Crippen molar-refractivity contribution in [3.8, 4) is 0 Å². The second-order valence-corrected chi connectivity index (χ2v) is 6.53. The quantitative estimate of drug-likeness (QED) is 0.812. The predicted octanol–water partition coefficient (Wildman–Crippen LogP) is 3.69. The summed E-state index contributed by atoms with van der Waals surface area (Å²) in [6.07, 6.45) is 0. The molecule has 1 aromatic carbocycles. The van der Waals surface area contributed by atoms with Gasteiger partial charge in [-0.05, 0) is 30.0 Å². The van der Waals surface area contributed by atoms with Gasteiger partial charge in [-0.3, -0.25) is 4.90 Å². The summed E-state index contributed by atoms with van der Waals surface area (Å²) in [6, 6.07) is 11.3. The highest BCUT2D eigenvalue weighted by Gasteiger charge is 2.27. The number of benzene rings is 1. The van der Waals surface area contributed by atoms with Gasteiger partial charge in [-0.2, -0.15) is 0 Å². The van der Waals surface area contributed by atoms with Crippen LogP contribution in [-0.4, -0.2) is 24.5 Å². The molecule has 0 amide bonds. The van der Waals surface area contributed by atoms with Crippen LogP contribution in [0, 0.1) is 11.3 Å². The molecule has 0 aliphatic rings. The number of rotatable bonds is 7. The van der Waals surface area contributed by atoms with Gasteiger partial charge in [0.05, 0.1) is 0 Å². The topological polar surface area (TPSA) is 29.3 Å². The highest BCUT2D eigenvalue weighted by molar-refractivity contribution is 5.19. The van der Waals surface area contributed by atoms with Crippen molar-refractivity contribution in [2.45, 2.75) is 40.7 Å². The first-order chi connectivity index (χ1) is 8.91. The Morgan fingerprint density at radius 1 is 1.16 bits per heavy atom. The monoisotopic (exact) mass is 262 g/mol. The van der Waals surface area contributed by atoms with E-state index in [1.54, 1.807) is 0 Å². The summed E-state index contributed by atoms with van der Waals surface area (Å²) in [5.74, 6) is 0.593. The van der Waals surface area contributed by atoms with Gasteiger partial charge >= 0.3 is 0 Å². The maximum absolute atomic E-state index is 5.90. The van der Waals surface area contributed by atoms with Crippen molar-refractivity contribution < 1.29 is 0 Å². The zero-order chi connectivity index (χ0) is 14.5. The van der Waals surface area contributed by atoms with Gasteiger partial charge in [0, 0.05) is 12.6 Å². The van der Waals surface area contributed by atoms with Crippen LogP contribution in [0.25, 0.3) is 0 Å². The molecule has 2 nitrogen and oxygen atoms in total. The van der Waals surface area contributed by atoms with Crippen LogP contribution in [0.5, 0.6) is 0 Å². The van der Waals surface area contributed by atoms with Crippen molar-refractivity contribution in [2.24, 2.45) is 17.1 Å². The highest BCUT2D eigenvalue weighted by Crippen LogP contribution is 2.30. The second kappa shape index (κ2) is 7.06. The van der Waals surface area contributed by atoms with Gasteiger partial charge in [0.25, 0.3) is 0 Å². The van der Waals surface area contributed by atoms with E-state index in [4.69, 9.17) is 5.73 Å². The van der Waals surface area contributed by atoms with Crippen molar-refractivity contribution in [3.05, 3.63) is 35.9 Å². The van der Waals surface area contributed by atoms with Gasteiger partial charge in [-0.25, -0.2) is 0 Å². The van der Waals surface area contributed by atoms with E-state index in [0.29, 0.717) is 12.0 Å². The molecule has 0 spiro atoms. The molecule has 1 aromatic rings. The first-order valence-corrected chi connectivity index (χ1v) is 7.40.